The molecule has 6 aliphatic heterocycles. The lowest BCUT2D eigenvalue weighted by molar-refractivity contribution is -0.381. The van der Waals surface area contributed by atoms with Gasteiger partial charge in [-0.2, -0.15) is 0 Å². The standard InChI is InChI=1S/C44H54N2O18/c1-9-46(18-56-36-29-31-30(61-31)28-25-16-54-37(50)24(25)12-13-41(28,7)42(29)17-43(63-42)44(36,64-43)19(2)3)40(52)55-15-23-10-11-27(26(45)14-23)60-39-35(59-22(6)49)33(58-21(5)48)32(57-20(4)47)34(62-39)38(51)53-8/h10-11,14,19,28-36,39H,9,12-13,15-18,45H2,1-8H3/t28-,29?,30+,31-,32+,33?,34?,35?,36+,39-,41+,42+,43-,44-/m1/s1. The monoisotopic (exact) mass is 898 g/mol. The van der Waals surface area contributed by atoms with Crippen molar-refractivity contribution in [3.05, 3.63) is 34.9 Å². The first-order valence-corrected chi connectivity index (χ1v) is 21.6. The predicted molar refractivity (Wildman–Crippen MR) is 212 cm³/mol. The zero-order chi connectivity index (χ0) is 45.8. The summed E-state index contributed by atoms with van der Waals surface area (Å²) in [5.41, 5.74) is 7.03. The molecule has 7 fully saturated rings. The van der Waals surface area contributed by atoms with Gasteiger partial charge < -0.3 is 62.6 Å². The molecule has 20 nitrogen and oxygen atoms in total. The predicted octanol–water partition coefficient (Wildman–Crippen LogP) is 2.60. The number of methoxy groups -OCH3 is 1. The lowest BCUT2D eigenvalue weighted by Crippen LogP contribution is -2.81. The Morgan fingerprint density at radius 1 is 0.953 bits per heavy atom. The maximum atomic E-state index is 13.7. The second-order valence-electron chi connectivity index (χ2n) is 18.3. The molecule has 1 aromatic carbocycles. The number of anilines is 1. The Kier molecular flexibility index (Phi) is 10.7. The number of carbonyl (C=O) groups excluding carboxylic acids is 6. The number of hydrogen-bond acceptors (Lipinski definition) is 19. The van der Waals surface area contributed by atoms with E-state index in [4.69, 9.17) is 62.6 Å². The van der Waals surface area contributed by atoms with Crippen LogP contribution in [0.1, 0.15) is 73.3 Å². The zero-order valence-electron chi connectivity index (χ0n) is 36.9. The minimum absolute atomic E-state index is 0.00333. The van der Waals surface area contributed by atoms with Gasteiger partial charge >= 0.3 is 35.9 Å². The SMILES string of the molecule is CCN(CO[C@H]1C2[C@H]3O[C@H]3[C@H]3C4=C(CC[C@]3(C)[C@]23C[C@@]2(O3)O[C@]12C(C)C)C(=O)OC4)C(=O)OCc1ccc(O[C@@H]2OC(C(=O)OC)[C@@H](OC(C)=O)C(OC(C)=O)C2OC(C)=O)c(N)c1. The Morgan fingerprint density at radius 2 is 1.64 bits per heavy atom. The van der Waals surface area contributed by atoms with E-state index >= 15 is 0 Å². The average molecular weight is 899 g/mol. The van der Waals surface area contributed by atoms with Crippen LogP contribution >= 0.6 is 0 Å². The van der Waals surface area contributed by atoms with Crippen molar-refractivity contribution in [3.63, 3.8) is 0 Å². The highest BCUT2D eigenvalue weighted by molar-refractivity contribution is 5.92. The molecule has 0 radical (unpaired) electrons. The fraction of sp³-hybridized carbons (Fsp3) is 0.682. The van der Waals surface area contributed by atoms with Crippen LogP contribution in [0.15, 0.2) is 29.3 Å². The number of benzene rings is 1. The normalized spacial score (nSPS) is 39.2. The van der Waals surface area contributed by atoms with E-state index < -0.39 is 83.8 Å². The second kappa shape index (κ2) is 15.6. The fourth-order valence-electron chi connectivity index (χ4n) is 11.8. The highest BCUT2D eigenvalue weighted by Crippen LogP contribution is 2.83. The topological polar surface area (TPSA) is 249 Å². The summed E-state index contributed by atoms with van der Waals surface area (Å²) in [6.45, 7) is 11.8. The van der Waals surface area contributed by atoms with Crippen LogP contribution in [0.5, 0.6) is 5.75 Å². The van der Waals surface area contributed by atoms with Crippen molar-refractivity contribution in [2.45, 2.75) is 140 Å². The molecule has 10 rings (SSSR count). The number of amides is 1. The van der Waals surface area contributed by atoms with E-state index in [1.165, 1.54) is 17.0 Å². The van der Waals surface area contributed by atoms with Crippen LogP contribution < -0.4 is 10.5 Å². The van der Waals surface area contributed by atoms with E-state index in [0.717, 1.165) is 45.4 Å². The molecule has 64 heavy (non-hydrogen) atoms. The van der Waals surface area contributed by atoms with Crippen LogP contribution in [-0.4, -0.2) is 134 Å². The summed E-state index contributed by atoms with van der Waals surface area (Å²) in [4.78, 5) is 77.0. The van der Waals surface area contributed by atoms with E-state index in [2.05, 4.69) is 20.8 Å². The molecule has 348 valence electrons. The lowest BCUT2D eigenvalue weighted by atomic mass is 9.42. The number of hydrogen-bond donors (Lipinski definition) is 1. The van der Waals surface area contributed by atoms with Gasteiger partial charge in [-0.3, -0.25) is 19.3 Å². The summed E-state index contributed by atoms with van der Waals surface area (Å²) in [7, 11) is 1.08. The van der Waals surface area contributed by atoms with Crippen molar-refractivity contribution in [2.24, 2.45) is 23.2 Å². The van der Waals surface area contributed by atoms with Gasteiger partial charge in [0.1, 0.15) is 31.8 Å². The molecule has 1 amide bonds. The summed E-state index contributed by atoms with van der Waals surface area (Å²) < 4.78 is 71.1. The molecule has 2 saturated carbocycles. The van der Waals surface area contributed by atoms with E-state index in [9.17, 15) is 28.8 Å². The molecule has 3 aliphatic carbocycles. The third-order valence-corrected chi connectivity index (χ3v) is 14.6. The number of rotatable bonds is 13. The van der Waals surface area contributed by atoms with Crippen LogP contribution in [0.2, 0.25) is 0 Å². The largest absolute Gasteiger partial charge is 0.467 e. The van der Waals surface area contributed by atoms with Gasteiger partial charge in [0.2, 0.25) is 18.2 Å². The average Bonchev–Trinajstić information content (AvgIpc) is 4.13. The van der Waals surface area contributed by atoms with Crippen molar-refractivity contribution in [2.75, 3.05) is 32.7 Å². The summed E-state index contributed by atoms with van der Waals surface area (Å²) in [6.07, 6.45) is -7.28. The van der Waals surface area contributed by atoms with E-state index in [0.29, 0.717) is 18.4 Å². The molecule has 2 bridgehead atoms. The lowest BCUT2D eigenvalue weighted by Gasteiger charge is -2.69. The molecule has 5 saturated heterocycles. The number of nitrogen functional groups attached to an aromatic ring is 1. The van der Waals surface area contributed by atoms with Gasteiger partial charge in [0.05, 0.1) is 30.6 Å². The van der Waals surface area contributed by atoms with Crippen LogP contribution in [0, 0.1) is 23.2 Å². The van der Waals surface area contributed by atoms with Gasteiger partial charge in [0.25, 0.3) is 0 Å². The Morgan fingerprint density at radius 3 is 2.28 bits per heavy atom. The molecule has 9 aliphatic rings. The van der Waals surface area contributed by atoms with Crippen LogP contribution in [0.3, 0.4) is 0 Å². The minimum atomic E-state index is -1.66. The number of esters is 5. The number of cyclic esters (lactones) is 1. The maximum absolute atomic E-state index is 13.7. The van der Waals surface area contributed by atoms with Gasteiger partial charge in [0.15, 0.2) is 23.9 Å². The molecular formula is C44H54N2O18. The van der Waals surface area contributed by atoms with Crippen molar-refractivity contribution in [1.29, 1.82) is 0 Å². The first kappa shape index (κ1) is 44.2. The zero-order valence-corrected chi connectivity index (χ0v) is 36.9. The number of carbonyl (C=O) groups is 6. The first-order valence-electron chi connectivity index (χ1n) is 21.6. The van der Waals surface area contributed by atoms with E-state index in [1.54, 1.807) is 6.07 Å². The maximum Gasteiger partial charge on any atom is 0.411 e. The second-order valence-corrected chi connectivity index (χ2v) is 18.3. The first-order chi connectivity index (χ1) is 30.3. The van der Waals surface area contributed by atoms with Crippen molar-refractivity contribution >= 4 is 41.6 Å². The third kappa shape index (κ3) is 6.56. The Hall–Kier alpha value is -5.02. The van der Waals surface area contributed by atoms with Gasteiger partial charge in [-0.25, -0.2) is 14.4 Å². The number of fused-ring (bicyclic) bond motifs is 4. The van der Waals surface area contributed by atoms with Crippen LogP contribution in [-0.2, 0) is 82.7 Å². The molecule has 14 atom stereocenters. The van der Waals surface area contributed by atoms with E-state index in [-0.39, 0.29) is 79.3 Å². The summed E-state index contributed by atoms with van der Waals surface area (Å²) in [5.74, 6) is -4.69. The minimum Gasteiger partial charge on any atom is -0.467 e. The van der Waals surface area contributed by atoms with Gasteiger partial charge in [-0.1, -0.05) is 26.8 Å². The van der Waals surface area contributed by atoms with Gasteiger partial charge in [-0.05, 0) is 49.0 Å². The molecule has 1 aromatic rings. The van der Waals surface area contributed by atoms with E-state index in [1.807, 2.05) is 6.92 Å². The third-order valence-electron chi connectivity index (χ3n) is 14.6. The van der Waals surface area contributed by atoms with Gasteiger partial charge in [0, 0.05) is 56.6 Å². The molecule has 0 aromatic heterocycles. The number of nitrogens with zero attached hydrogens (tertiary/aromatic N) is 1. The van der Waals surface area contributed by atoms with Crippen molar-refractivity contribution < 1.29 is 85.6 Å². The van der Waals surface area contributed by atoms with Gasteiger partial charge in [-0.15, -0.1) is 0 Å². The summed E-state index contributed by atoms with van der Waals surface area (Å²) in [6, 6.07) is 4.52. The Balaban J connectivity index is 0.877. The molecular weight excluding hydrogens is 844 g/mol. The number of ether oxygens (including phenoxy) is 12. The fourth-order valence-corrected chi connectivity index (χ4v) is 11.8. The number of epoxide rings is 2. The summed E-state index contributed by atoms with van der Waals surface area (Å²) in [5, 5.41) is 0. The van der Waals surface area contributed by atoms with Crippen molar-refractivity contribution in [1.82, 2.24) is 4.90 Å². The molecule has 6 heterocycles. The molecule has 2 spiro atoms. The highest BCUT2D eigenvalue weighted by atomic mass is 16.8. The quantitative estimate of drug-likeness (QED) is 0.0982. The Labute approximate surface area is 368 Å². The summed E-state index contributed by atoms with van der Waals surface area (Å²) >= 11 is 0. The molecule has 4 unspecified atom stereocenters. The van der Waals surface area contributed by atoms with Crippen LogP contribution in [0.25, 0.3) is 0 Å². The molecule has 2 N–H and O–H groups in total. The number of nitrogens with two attached hydrogens (primary N) is 1. The van der Waals surface area contributed by atoms with Crippen molar-refractivity contribution in [3.8, 4) is 5.75 Å². The smallest absolute Gasteiger partial charge is 0.411 e. The highest BCUT2D eigenvalue weighted by Gasteiger charge is 2.96. The van der Waals surface area contributed by atoms with Crippen LogP contribution in [0.4, 0.5) is 10.5 Å². The Bertz CT molecular complexity index is 2190. The molecule has 20 heteroatoms.